The van der Waals surface area contributed by atoms with Crippen LogP contribution in [0.15, 0.2) is 27.9 Å². The molecule has 0 saturated carbocycles. The zero-order chi connectivity index (χ0) is 27.0. The van der Waals surface area contributed by atoms with Gasteiger partial charge in [-0.15, -0.1) is 0 Å². The van der Waals surface area contributed by atoms with E-state index in [0.717, 1.165) is 30.4 Å². The number of rotatable bonds is 4. The summed E-state index contributed by atoms with van der Waals surface area (Å²) in [5, 5.41) is 21.9. The van der Waals surface area contributed by atoms with Crippen molar-refractivity contribution in [2.45, 2.75) is 105 Å². The third-order valence-electron chi connectivity index (χ3n) is 7.41. The standard InChI is InChI=1S/C28H44N2O6/c1-7-21-26(33)18(3)10-8-9-17(2)11-12-22(19(4)13-20-16-35-24(15-29)30-20)36-25(32)14-23(31)28(5,6)27(21)34/h11,13,16,18,21-23,26,31,33H,7-10,12,14-15,29H2,1-6H3/b17-11+,19-13+. The van der Waals surface area contributed by atoms with Gasteiger partial charge in [0, 0.05) is 12.3 Å². The molecule has 5 atom stereocenters. The SMILES string of the molecule is CCC1C(=O)C(C)(C)C(O)CC(=O)OC(/C(C)=C/c2coc(CN)n2)C/C=C(\C)CCCC(C)C1O. The average molecular weight is 505 g/mol. The van der Waals surface area contributed by atoms with Crippen molar-refractivity contribution < 1.29 is 29.0 Å². The van der Waals surface area contributed by atoms with Crippen LogP contribution in [0.5, 0.6) is 0 Å². The van der Waals surface area contributed by atoms with E-state index in [4.69, 9.17) is 14.9 Å². The fourth-order valence-electron chi connectivity index (χ4n) is 4.66. The number of hydrogen-bond donors (Lipinski definition) is 3. The number of nitrogens with two attached hydrogens (primary N) is 1. The molecule has 36 heavy (non-hydrogen) atoms. The Bertz CT molecular complexity index is 948. The maximum absolute atomic E-state index is 13.4. The van der Waals surface area contributed by atoms with Gasteiger partial charge in [-0.1, -0.05) is 39.3 Å². The highest BCUT2D eigenvalue weighted by molar-refractivity contribution is 5.88. The first kappa shape index (κ1) is 29.9. The molecule has 0 bridgehead atoms. The number of cyclic esters (lactones) is 1. The second-order valence-corrected chi connectivity index (χ2v) is 10.7. The molecule has 1 aromatic rings. The van der Waals surface area contributed by atoms with Gasteiger partial charge in [-0.2, -0.15) is 0 Å². The fraction of sp³-hybridized carbons (Fsp3) is 0.679. The molecule has 1 aromatic heterocycles. The first-order valence-corrected chi connectivity index (χ1v) is 13.0. The highest BCUT2D eigenvalue weighted by Gasteiger charge is 2.43. The lowest BCUT2D eigenvalue weighted by molar-refractivity contribution is -0.154. The van der Waals surface area contributed by atoms with Gasteiger partial charge in [-0.3, -0.25) is 9.59 Å². The third-order valence-corrected chi connectivity index (χ3v) is 7.41. The molecular formula is C28H44N2O6. The Kier molecular flexibility index (Phi) is 11.1. The Morgan fingerprint density at radius 2 is 2.00 bits per heavy atom. The lowest BCUT2D eigenvalue weighted by Gasteiger charge is -2.35. The maximum Gasteiger partial charge on any atom is 0.309 e. The van der Waals surface area contributed by atoms with Gasteiger partial charge in [-0.05, 0) is 57.1 Å². The number of carbonyl (C=O) groups is 2. The van der Waals surface area contributed by atoms with E-state index in [2.05, 4.69) is 11.1 Å². The van der Waals surface area contributed by atoms with Crippen molar-refractivity contribution in [2.24, 2.45) is 23.0 Å². The van der Waals surface area contributed by atoms with E-state index in [0.29, 0.717) is 24.4 Å². The Morgan fingerprint density at radius 3 is 2.61 bits per heavy atom. The minimum absolute atomic E-state index is 0.0590. The van der Waals surface area contributed by atoms with E-state index in [1.54, 1.807) is 19.9 Å². The van der Waals surface area contributed by atoms with E-state index in [1.807, 2.05) is 27.7 Å². The van der Waals surface area contributed by atoms with Crippen LogP contribution in [0.3, 0.4) is 0 Å². The van der Waals surface area contributed by atoms with Crippen LogP contribution in [0.1, 0.15) is 91.7 Å². The molecule has 0 radical (unpaired) electrons. The molecule has 8 nitrogen and oxygen atoms in total. The van der Waals surface area contributed by atoms with Crippen molar-refractivity contribution >= 4 is 17.8 Å². The normalized spacial score (nSPS) is 31.0. The number of ketones is 1. The van der Waals surface area contributed by atoms with Crippen molar-refractivity contribution in [1.29, 1.82) is 0 Å². The number of aliphatic hydroxyl groups excluding tert-OH is 2. The summed E-state index contributed by atoms with van der Waals surface area (Å²) < 4.78 is 11.1. The summed E-state index contributed by atoms with van der Waals surface area (Å²) in [5.74, 6) is -1.08. The Balaban J connectivity index is 2.35. The van der Waals surface area contributed by atoms with Gasteiger partial charge in [0.15, 0.2) is 0 Å². The lowest BCUT2D eigenvalue weighted by atomic mass is 9.71. The van der Waals surface area contributed by atoms with Gasteiger partial charge in [0.1, 0.15) is 23.8 Å². The Hall–Kier alpha value is -2.29. The summed E-state index contributed by atoms with van der Waals surface area (Å²) >= 11 is 0. The third kappa shape index (κ3) is 7.85. The smallest absolute Gasteiger partial charge is 0.309 e. The highest BCUT2D eigenvalue weighted by atomic mass is 16.5. The molecule has 0 amide bonds. The van der Waals surface area contributed by atoms with Gasteiger partial charge in [0.05, 0.1) is 30.6 Å². The largest absolute Gasteiger partial charge is 0.457 e. The van der Waals surface area contributed by atoms with E-state index in [9.17, 15) is 19.8 Å². The highest BCUT2D eigenvalue weighted by Crippen LogP contribution is 2.34. The average Bonchev–Trinajstić information content (AvgIpc) is 3.28. The number of aromatic nitrogens is 1. The number of carbonyl (C=O) groups excluding carboxylic acids is 2. The molecule has 1 aliphatic rings. The first-order chi connectivity index (χ1) is 16.9. The Morgan fingerprint density at radius 1 is 1.31 bits per heavy atom. The van der Waals surface area contributed by atoms with E-state index >= 15 is 0 Å². The van der Waals surface area contributed by atoms with Crippen molar-refractivity contribution in [3.63, 3.8) is 0 Å². The van der Waals surface area contributed by atoms with Crippen LogP contribution in [-0.2, 0) is 20.9 Å². The monoisotopic (exact) mass is 504 g/mol. The van der Waals surface area contributed by atoms with Crippen LogP contribution in [0, 0.1) is 17.3 Å². The lowest BCUT2D eigenvalue weighted by Crippen LogP contribution is -2.46. The molecule has 5 unspecified atom stereocenters. The first-order valence-electron chi connectivity index (χ1n) is 13.0. The van der Waals surface area contributed by atoms with Gasteiger partial charge >= 0.3 is 5.97 Å². The van der Waals surface area contributed by atoms with Crippen molar-refractivity contribution in [3.8, 4) is 0 Å². The number of hydrogen-bond acceptors (Lipinski definition) is 8. The molecule has 0 aliphatic carbocycles. The molecule has 8 heteroatoms. The zero-order valence-corrected chi connectivity index (χ0v) is 22.6. The number of aliphatic hydroxyl groups is 2. The number of allylic oxidation sites excluding steroid dienone is 1. The summed E-state index contributed by atoms with van der Waals surface area (Å²) in [7, 11) is 0. The van der Waals surface area contributed by atoms with Crippen molar-refractivity contribution in [3.05, 3.63) is 35.1 Å². The zero-order valence-electron chi connectivity index (χ0n) is 22.6. The predicted octanol–water partition coefficient (Wildman–Crippen LogP) is 4.34. The summed E-state index contributed by atoms with van der Waals surface area (Å²) in [5.41, 5.74) is 6.88. The topological polar surface area (TPSA) is 136 Å². The molecule has 0 aromatic carbocycles. The van der Waals surface area contributed by atoms with Crippen molar-refractivity contribution in [2.75, 3.05) is 0 Å². The van der Waals surface area contributed by atoms with Crippen LogP contribution < -0.4 is 5.73 Å². The van der Waals surface area contributed by atoms with Gasteiger partial charge in [-0.25, -0.2) is 4.98 Å². The molecule has 4 N–H and O–H groups in total. The molecular weight excluding hydrogens is 460 g/mol. The summed E-state index contributed by atoms with van der Waals surface area (Å²) in [6.45, 7) is 11.2. The molecule has 0 spiro atoms. The van der Waals surface area contributed by atoms with Crippen LogP contribution in [0.25, 0.3) is 6.08 Å². The van der Waals surface area contributed by atoms with Crippen molar-refractivity contribution in [1.82, 2.24) is 4.98 Å². The molecule has 0 fully saturated rings. The maximum atomic E-state index is 13.4. The summed E-state index contributed by atoms with van der Waals surface area (Å²) in [6.07, 6.45) is 5.86. The van der Waals surface area contributed by atoms with Crippen LogP contribution in [-0.4, -0.2) is 45.3 Å². The molecule has 1 aliphatic heterocycles. The molecule has 0 saturated heterocycles. The minimum atomic E-state index is -1.24. The van der Waals surface area contributed by atoms with Gasteiger partial charge in [0.2, 0.25) is 5.89 Å². The van der Waals surface area contributed by atoms with E-state index < -0.39 is 35.6 Å². The minimum Gasteiger partial charge on any atom is -0.457 e. The van der Waals surface area contributed by atoms with E-state index in [1.165, 1.54) is 6.26 Å². The van der Waals surface area contributed by atoms with Crippen LogP contribution in [0.2, 0.25) is 0 Å². The fourth-order valence-corrected chi connectivity index (χ4v) is 4.66. The van der Waals surface area contributed by atoms with Crippen LogP contribution in [0.4, 0.5) is 0 Å². The number of oxazole rings is 1. The van der Waals surface area contributed by atoms with Crippen LogP contribution >= 0.6 is 0 Å². The number of Topliss-reactive ketones (excluding diaryl/α,β-unsaturated/α-hetero) is 1. The number of nitrogens with zero attached hydrogens (tertiary/aromatic N) is 1. The summed E-state index contributed by atoms with van der Waals surface area (Å²) in [4.78, 5) is 30.6. The van der Waals surface area contributed by atoms with Gasteiger partial charge < -0.3 is 25.1 Å². The number of ether oxygens (including phenoxy) is 1. The second kappa shape index (κ2) is 13.3. The number of esters is 1. The molecule has 2 rings (SSSR count). The summed E-state index contributed by atoms with van der Waals surface area (Å²) in [6, 6.07) is 0. The van der Waals surface area contributed by atoms with E-state index in [-0.39, 0.29) is 24.7 Å². The van der Waals surface area contributed by atoms with Gasteiger partial charge in [0.25, 0.3) is 0 Å². The predicted molar refractivity (Wildman–Crippen MR) is 139 cm³/mol. The second-order valence-electron chi connectivity index (χ2n) is 10.7. The Labute approximate surface area is 215 Å². The molecule has 202 valence electrons. The quantitative estimate of drug-likeness (QED) is 0.407. The molecule has 2 heterocycles.